The van der Waals surface area contributed by atoms with Gasteiger partial charge in [0.15, 0.2) is 0 Å². The van der Waals surface area contributed by atoms with E-state index in [2.05, 4.69) is 9.97 Å². The van der Waals surface area contributed by atoms with Crippen molar-refractivity contribution in [1.29, 1.82) is 0 Å². The summed E-state index contributed by atoms with van der Waals surface area (Å²) in [5.41, 5.74) is 7.14. The molecule has 176 valence electrons. The Morgan fingerprint density at radius 3 is 2.39 bits per heavy atom. The van der Waals surface area contributed by atoms with E-state index in [0.29, 0.717) is 22.6 Å². The van der Waals surface area contributed by atoms with Gasteiger partial charge in [0.2, 0.25) is 0 Å². The van der Waals surface area contributed by atoms with Crippen LogP contribution in [0.4, 0.5) is 19.0 Å². The molecule has 3 rings (SSSR count). The van der Waals surface area contributed by atoms with Crippen LogP contribution in [-0.4, -0.2) is 54.3 Å². The number of hydrogen-bond donors (Lipinski definition) is 1. The standard InChI is InChI=1S/C23H25F3N4O3/c1-14-8-16-9-15(4-7-20(16)29-21(14)27)22(31)30(19(12-32-2)13-33-3)11-18-6-5-17(10-28-18)23(24,25)26/h4-10,19H,11-13H2,1-3H3,(H2,27,29). The Hall–Kier alpha value is -3.24. The van der Waals surface area contributed by atoms with Crippen molar-refractivity contribution in [2.24, 2.45) is 0 Å². The largest absolute Gasteiger partial charge is 0.417 e. The minimum absolute atomic E-state index is 0.0224. The summed E-state index contributed by atoms with van der Waals surface area (Å²) in [6.45, 7) is 2.15. The van der Waals surface area contributed by atoms with E-state index in [9.17, 15) is 18.0 Å². The summed E-state index contributed by atoms with van der Waals surface area (Å²) in [6.07, 6.45) is -3.73. The van der Waals surface area contributed by atoms with Crippen LogP contribution in [0.5, 0.6) is 0 Å². The molecule has 0 aliphatic heterocycles. The molecule has 0 saturated carbocycles. The fourth-order valence-corrected chi connectivity index (χ4v) is 3.44. The van der Waals surface area contributed by atoms with E-state index in [1.54, 1.807) is 18.2 Å². The number of nitrogens with two attached hydrogens (primary N) is 1. The van der Waals surface area contributed by atoms with Crippen LogP contribution in [0.25, 0.3) is 10.9 Å². The van der Waals surface area contributed by atoms with Crippen molar-refractivity contribution in [1.82, 2.24) is 14.9 Å². The van der Waals surface area contributed by atoms with Crippen LogP contribution in [0.1, 0.15) is 27.2 Å². The van der Waals surface area contributed by atoms with E-state index >= 15 is 0 Å². The maximum atomic E-state index is 13.5. The molecule has 33 heavy (non-hydrogen) atoms. The van der Waals surface area contributed by atoms with E-state index in [-0.39, 0.29) is 25.7 Å². The second kappa shape index (κ2) is 10.1. The zero-order valence-corrected chi connectivity index (χ0v) is 18.5. The molecule has 0 radical (unpaired) electrons. The molecule has 10 heteroatoms. The van der Waals surface area contributed by atoms with E-state index in [1.165, 1.54) is 25.2 Å². The molecule has 0 aliphatic rings. The van der Waals surface area contributed by atoms with Gasteiger partial charge in [-0.05, 0) is 48.9 Å². The van der Waals surface area contributed by atoms with Crippen molar-refractivity contribution in [3.05, 3.63) is 65.0 Å². The molecule has 2 heterocycles. The highest BCUT2D eigenvalue weighted by atomic mass is 19.4. The van der Waals surface area contributed by atoms with Gasteiger partial charge >= 0.3 is 6.18 Å². The molecule has 2 aromatic heterocycles. The highest BCUT2D eigenvalue weighted by molar-refractivity contribution is 5.98. The molecule has 1 aromatic carbocycles. The number of alkyl halides is 3. The average Bonchev–Trinajstić information content (AvgIpc) is 2.77. The van der Waals surface area contributed by atoms with Crippen molar-refractivity contribution in [3.63, 3.8) is 0 Å². The number of pyridine rings is 2. The number of nitrogen functional groups attached to an aromatic ring is 1. The molecule has 2 N–H and O–H groups in total. The van der Waals surface area contributed by atoms with Crippen LogP contribution in [0.15, 0.2) is 42.6 Å². The van der Waals surface area contributed by atoms with Crippen molar-refractivity contribution < 1.29 is 27.4 Å². The number of aryl methyl sites for hydroxylation is 1. The number of carbonyl (C=O) groups excluding carboxylic acids is 1. The van der Waals surface area contributed by atoms with E-state index in [4.69, 9.17) is 15.2 Å². The molecule has 0 fully saturated rings. The third kappa shape index (κ3) is 5.77. The van der Waals surface area contributed by atoms with E-state index < -0.39 is 17.8 Å². The SMILES string of the molecule is COCC(COC)N(Cc1ccc(C(F)(F)F)cn1)C(=O)c1ccc2nc(N)c(C)cc2c1. The number of rotatable bonds is 8. The van der Waals surface area contributed by atoms with Crippen LogP contribution in [0.2, 0.25) is 0 Å². The third-order valence-corrected chi connectivity index (χ3v) is 5.20. The highest BCUT2D eigenvalue weighted by Crippen LogP contribution is 2.28. The second-order valence-electron chi connectivity index (χ2n) is 7.63. The topological polar surface area (TPSA) is 90.6 Å². The van der Waals surface area contributed by atoms with Crippen LogP contribution in [-0.2, 0) is 22.2 Å². The van der Waals surface area contributed by atoms with Gasteiger partial charge in [-0.25, -0.2) is 4.98 Å². The lowest BCUT2D eigenvalue weighted by atomic mass is 10.1. The lowest BCUT2D eigenvalue weighted by molar-refractivity contribution is -0.137. The normalized spacial score (nSPS) is 11.8. The van der Waals surface area contributed by atoms with Gasteiger partial charge in [0.1, 0.15) is 5.82 Å². The lowest BCUT2D eigenvalue weighted by Crippen LogP contribution is -2.45. The summed E-state index contributed by atoms with van der Waals surface area (Å²) in [5, 5.41) is 0.746. The molecule has 3 aromatic rings. The molecule has 7 nitrogen and oxygen atoms in total. The summed E-state index contributed by atoms with van der Waals surface area (Å²) >= 11 is 0. The number of carbonyl (C=O) groups is 1. The number of nitrogens with zero attached hydrogens (tertiary/aromatic N) is 3. The van der Waals surface area contributed by atoms with E-state index in [0.717, 1.165) is 23.2 Å². The fraction of sp³-hybridized carbons (Fsp3) is 0.348. The first kappa shape index (κ1) is 24.4. The Bertz CT molecular complexity index is 1110. The number of anilines is 1. The van der Waals surface area contributed by atoms with Crippen molar-refractivity contribution in [2.75, 3.05) is 33.2 Å². The molecule has 1 amide bonds. The molecular weight excluding hydrogens is 437 g/mol. The Morgan fingerprint density at radius 2 is 1.82 bits per heavy atom. The Labute approximate surface area is 189 Å². The minimum atomic E-state index is -4.49. The monoisotopic (exact) mass is 462 g/mol. The number of amides is 1. The summed E-state index contributed by atoms with van der Waals surface area (Å²) < 4.78 is 49.2. The molecule has 0 spiro atoms. The quantitative estimate of drug-likeness (QED) is 0.547. The van der Waals surface area contributed by atoms with Crippen molar-refractivity contribution >= 4 is 22.6 Å². The number of hydrogen-bond acceptors (Lipinski definition) is 6. The van der Waals surface area contributed by atoms with Gasteiger partial charge in [-0.3, -0.25) is 9.78 Å². The summed E-state index contributed by atoms with van der Waals surface area (Å²) in [5.74, 6) is 0.0732. The Morgan fingerprint density at radius 1 is 1.12 bits per heavy atom. The van der Waals surface area contributed by atoms with Gasteiger partial charge in [-0.15, -0.1) is 0 Å². The lowest BCUT2D eigenvalue weighted by Gasteiger charge is -2.31. The second-order valence-corrected chi connectivity index (χ2v) is 7.63. The number of methoxy groups -OCH3 is 2. The number of ether oxygens (including phenoxy) is 2. The predicted octanol–water partition coefficient (Wildman–Crippen LogP) is 3.84. The van der Waals surface area contributed by atoms with Gasteiger partial charge in [0, 0.05) is 31.4 Å². The van der Waals surface area contributed by atoms with Crippen molar-refractivity contribution in [2.45, 2.75) is 25.7 Å². The minimum Gasteiger partial charge on any atom is -0.383 e. The van der Waals surface area contributed by atoms with Crippen molar-refractivity contribution in [3.8, 4) is 0 Å². The third-order valence-electron chi connectivity index (χ3n) is 5.20. The maximum Gasteiger partial charge on any atom is 0.417 e. The zero-order chi connectivity index (χ0) is 24.2. The van der Waals surface area contributed by atoms with Crippen LogP contribution >= 0.6 is 0 Å². The number of aromatic nitrogens is 2. The fourth-order valence-electron chi connectivity index (χ4n) is 3.44. The summed E-state index contributed by atoms with van der Waals surface area (Å²) in [7, 11) is 2.99. The molecule has 0 atom stereocenters. The summed E-state index contributed by atoms with van der Waals surface area (Å²) in [4.78, 5) is 23.2. The molecule has 0 aliphatic carbocycles. The number of benzene rings is 1. The van der Waals surface area contributed by atoms with Crippen LogP contribution in [0, 0.1) is 6.92 Å². The van der Waals surface area contributed by atoms with Crippen LogP contribution < -0.4 is 5.73 Å². The first-order valence-electron chi connectivity index (χ1n) is 10.1. The smallest absolute Gasteiger partial charge is 0.383 e. The maximum absolute atomic E-state index is 13.5. The molecule has 0 unspecified atom stereocenters. The van der Waals surface area contributed by atoms with Gasteiger partial charge in [-0.1, -0.05) is 0 Å². The molecule has 0 bridgehead atoms. The van der Waals surface area contributed by atoms with Crippen LogP contribution in [0.3, 0.4) is 0 Å². The van der Waals surface area contributed by atoms with Gasteiger partial charge in [-0.2, -0.15) is 13.2 Å². The highest BCUT2D eigenvalue weighted by Gasteiger charge is 2.31. The predicted molar refractivity (Wildman–Crippen MR) is 118 cm³/mol. The zero-order valence-electron chi connectivity index (χ0n) is 18.5. The number of fused-ring (bicyclic) bond motifs is 1. The first-order valence-corrected chi connectivity index (χ1v) is 10.1. The summed E-state index contributed by atoms with van der Waals surface area (Å²) in [6, 6.07) is 8.61. The first-order chi connectivity index (χ1) is 15.6. The van der Waals surface area contributed by atoms with Gasteiger partial charge in [0.25, 0.3) is 5.91 Å². The Balaban J connectivity index is 1.97. The number of halogens is 3. The van der Waals surface area contributed by atoms with Gasteiger partial charge in [0.05, 0.1) is 42.6 Å². The Kier molecular flexibility index (Phi) is 7.50. The van der Waals surface area contributed by atoms with Gasteiger partial charge < -0.3 is 20.1 Å². The van der Waals surface area contributed by atoms with E-state index in [1.807, 2.05) is 13.0 Å². The molecule has 0 saturated heterocycles. The average molecular weight is 462 g/mol. The molecular formula is C23H25F3N4O3.